The predicted molar refractivity (Wildman–Crippen MR) is 67.6 cm³/mol. The van der Waals surface area contributed by atoms with Crippen molar-refractivity contribution in [2.24, 2.45) is 12.8 Å². The van der Waals surface area contributed by atoms with Crippen molar-refractivity contribution in [2.45, 2.75) is 26.3 Å². The zero-order chi connectivity index (χ0) is 12.4. The topological polar surface area (TPSA) is 56.7 Å². The average molecular weight is 230 g/mol. The van der Waals surface area contributed by atoms with Gasteiger partial charge in [-0.25, -0.2) is 0 Å². The van der Waals surface area contributed by atoms with Gasteiger partial charge in [0.25, 0.3) is 0 Å². The van der Waals surface area contributed by atoms with Crippen LogP contribution in [-0.2, 0) is 13.5 Å². The van der Waals surface area contributed by atoms with Gasteiger partial charge < -0.3 is 5.73 Å². The minimum atomic E-state index is -0.165. The van der Waals surface area contributed by atoms with E-state index in [9.17, 15) is 0 Å². The van der Waals surface area contributed by atoms with Gasteiger partial charge in [-0.1, -0.05) is 6.92 Å². The van der Waals surface area contributed by atoms with Crippen LogP contribution in [0.4, 0.5) is 0 Å². The van der Waals surface area contributed by atoms with Gasteiger partial charge in [0.2, 0.25) is 0 Å². The third-order valence-corrected chi connectivity index (χ3v) is 3.06. The number of hydrogen-bond donors (Lipinski definition) is 1. The Labute approximate surface area is 101 Å². The van der Waals surface area contributed by atoms with E-state index in [1.807, 2.05) is 30.9 Å². The van der Waals surface area contributed by atoms with Crippen molar-refractivity contribution in [3.8, 4) is 0 Å². The summed E-state index contributed by atoms with van der Waals surface area (Å²) in [5.41, 5.74) is 10.6. The lowest BCUT2D eigenvalue weighted by Crippen LogP contribution is -2.17. The van der Waals surface area contributed by atoms with E-state index in [-0.39, 0.29) is 6.04 Å². The highest BCUT2D eigenvalue weighted by atomic mass is 15.3. The Morgan fingerprint density at radius 2 is 2.24 bits per heavy atom. The summed E-state index contributed by atoms with van der Waals surface area (Å²) in [5.74, 6) is 0. The molecule has 0 bridgehead atoms. The molecule has 1 atom stereocenters. The average Bonchev–Trinajstić information content (AvgIpc) is 2.70. The molecule has 0 saturated carbocycles. The van der Waals surface area contributed by atoms with E-state index in [0.717, 1.165) is 28.9 Å². The van der Waals surface area contributed by atoms with Crippen LogP contribution >= 0.6 is 0 Å². The minimum absolute atomic E-state index is 0.165. The zero-order valence-corrected chi connectivity index (χ0v) is 10.5. The molecule has 2 heterocycles. The first-order valence-corrected chi connectivity index (χ1v) is 5.82. The second kappa shape index (κ2) is 4.67. The fourth-order valence-electron chi connectivity index (χ4n) is 1.97. The van der Waals surface area contributed by atoms with Crippen molar-refractivity contribution in [1.82, 2.24) is 14.8 Å². The van der Waals surface area contributed by atoms with Crippen LogP contribution in [0, 0.1) is 6.92 Å². The first-order chi connectivity index (χ1) is 8.13. The van der Waals surface area contributed by atoms with Gasteiger partial charge in [-0.15, -0.1) is 0 Å². The third-order valence-electron chi connectivity index (χ3n) is 3.06. The molecular weight excluding hydrogens is 212 g/mol. The molecule has 0 aromatic carbocycles. The van der Waals surface area contributed by atoms with Crippen LogP contribution < -0.4 is 5.73 Å². The number of pyridine rings is 1. The van der Waals surface area contributed by atoms with E-state index < -0.39 is 0 Å². The molecule has 0 aliphatic heterocycles. The predicted octanol–water partition coefficient (Wildman–Crippen LogP) is 1.73. The number of rotatable bonds is 3. The molecule has 1 unspecified atom stereocenters. The summed E-state index contributed by atoms with van der Waals surface area (Å²) in [6.45, 7) is 4.14. The molecule has 0 aliphatic carbocycles. The molecule has 2 aromatic rings. The summed E-state index contributed by atoms with van der Waals surface area (Å²) in [6.07, 6.45) is 4.54. The highest BCUT2D eigenvalue weighted by molar-refractivity contribution is 5.32. The highest BCUT2D eigenvalue weighted by Gasteiger charge is 2.16. The van der Waals surface area contributed by atoms with Crippen molar-refractivity contribution in [2.75, 3.05) is 0 Å². The molecule has 90 valence electrons. The molecular formula is C13H18N4. The molecule has 2 rings (SSSR count). The largest absolute Gasteiger partial charge is 0.319 e. The van der Waals surface area contributed by atoms with Crippen LogP contribution in [0.25, 0.3) is 0 Å². The lowest BCUT2D eigenvalue weighted by molar-refractivity contribution is 0.663. The monoisotopic (exact) mass is 230 g/mol. The molecule has 0 radical (unpaired) electrons. The fraction of sp³-hybridized carbons (Fsp3) is 0.385. The molecule has 0 fully saturated rings. The summed E-state index contributed by atoms with van der Waals surface area (Å²) < 4.78 is 1.86. The van der Waals surface area contributed by atoms with E-state index in [1.165, 1.54) is 0 Å². The van der Waals surface area contributed by atoms with Crippen LogP contribution in [0.3, 0.4) is 0 Å². The van der Waals surface area contributed by atoms with Crippen molar-refractivity contribution < 1.29 is 0 Å². The Morgan fingerprint density at radius 1 is 1.47 bits per heavy atom. The normalized spacial score (nSPS) is 12.7. The van der Waals surface area contributed by atoms with E-state index in [1.54, 1.807) is 6.20 Å². The van der Waals surface area contributed by atoms with Gasteiger partial charge in [-0.3, -0.25) is 9.67 Å². The van der Waals surface area contributed by atoms with Crippen LogP contribution in [0.15, 0.2) is 24.5 Å². The van der Waals surface area contributed by atoms with Crippen molar-refractivity contribution in [1.29, 1.82) is 0 Å². The number of nitrogens with two attached hydrogens (primary N) is 1. The summed E-state index contributed by atoms with van der Waals surface area (Å²) >= 11 is 0. The van der Waals surface area contributed by atoms with Crippen LogP contribution in [0.1, 0.15) is 35.5 Å². The van der Waals surface area contributed by atoms with Crippen LogP contribution in [0.5, 0.6) is 0 Å². The second-order valence-corrected chi connectivity index (χ2v) is 4.25. The first kappa shape index (κ1) is 11.8. The molecule has 2 N–H and O–H groups in total. The van der Waals surface area contributed by atoms with Crippen LogP contribution in [0.2, 0.25) is 0 Å². The smallest absolute Gasteiger partial charge is 0.0740 e. The Hall–Kier alpha value is -1.68. The van der Waals surface area contributed by atoms with Gasteiger partial charge in [0, 0.05) is 19.4 Å². The summed E-state index contributed by atoms with van der Waals surface area (Å²) in [5, 5.41) is 4.42. The Kier molecular flexibility index (Phi) is 3.24. The molecule has 4 heteroatoms. The summed E-state index contributed by atoms with van der Waals surface area (Å²) in [6, 6.07) is 3.88. The van der Waals surface area contributed by atoms with Gasteiger partial charge >= 0.3 is 0 Å². The standard InChI is InChI=1S/C13H18N4/c1-4-10-7-12(17(3)16-10)13(14)11-8-15-6-5-9(11)2/h5-8,13H,4,14H2,1-3H3. The quantitative estimate of drug-likeness (QED) is 0.873. The number of aryl methyl sites for hydroxylation is 3. The number of aromatic nitrogens is 3. The van der Waals surface area contributed by atoms with Crippen molar-refractivity contribution in [3.05, 3.63) is 47.0 Å². The summed E-state index contributed by atoms with van der Waals surface area (Å²) in [4.78, 5) is 4.14. The van der Waals surface area contributed by atoms with E-state index in [2.05, 4.69) is 23.1 Å². The number of hydrogen-bond acceptors (Lipinski definition) is 3. The van der Waals surface area contributed by atoms with Gasteiger partial charge in [-0.2, -0.15) is 5.10 Å². The maximum absolute atomic E-state index is 6.29. The molecule has 4 nitrogen and oxygen atoms in total. The molecule has 0 spiro atoms. The third kappa shape index (κ3) is 2.22. The minimum Gasteiger partial charge on any atom is -0.319 e. The zero-order valence-electron chi connectivity index (χ0n) is 10.5. The van der Waals surface area contributed by atoms with E-state index in [0.29, 0.717) is 0 Å². The lowest BCUT2D eigenvalue weighted by atomic mass is 10.0. The lowest BCUT2D eigenvalue weighted by Gasteiger charge is -2.14. The Balaban J connectivity index is 2.40. The SMILES string of the molecule is CCc1cc(C(N)c2cnccc2C)n(C)n1. The van der Waals surface area contributed by atoms with Crippen molar-refractivity contribution >= 4 is 0 Å². The first-order valence-electron chi connectivity index (χ1n) is 5.82. The van der Waals surface area contributed by atoms with E-state index in [4.69, 9.17) is 5.73 Å². The van der Waals surface area contributed by atoms with Gasteiger partial charge in [0.1, 0.15) is 0 Å². The Bertz CT molecular complexity index is 516. The summed E-state index contributed by atoms with van der Waals surface area (Å²) in [7, 11) is 1.93. The van der Waals surface area contributed by atoms with E-state index >= 15 is 0 Å². The molecule has 2 aromatic heterocycles. The number of nitrogens with zero attached hydrogens (tertiary/aromatic N) is 3. The molecule has 0 saturated heterocycles. The van der Waals surface area contributed by atoms with Crippen LogP contribution in [-0.4, -0.2) is 14.8 Å². The highest BCUT2D eigenvalue weighted by Crippen LogP contribution is 2.22. The maximum Gasteiger partial charge on any atom is 0.0740 e. The second-order valence-electron chi connectivity index (χ2n) is 4.25. The fourth-order valence-corrected chi connectivity index (χ4v) is 1.97. The molecule has 0 aliphatic rings. The van der Waals surface area contributed by atoms with Crippen molar-refractivity contribution in [3.63, 3.8) is 0 Å². The van der Waals surface area contributed by atoms with Gasteiger partial charge in [0.05, 0.1) is 17.4 Å². The molecule has 17 heavy (non-hydrogen) atoms. The maximum atomic E-state index is 6.29. The van der Waals surface area contributed by atoms with Gasteiger partial charge in [-0.05, 0) is 36.6 Å². The molecule has 0 amide bonds. The van der Waals surface area contributed by atoms with Gasteiger partial charge in [0.15, 0.2) is 0 Å². The Morgan fingerprint density at radius 3 is 2.82 bits per heavy atom.